The molecule has 1 heteroatoms. The van der Waals surface area contributed by atoms with Crippen molar-refractivity contribution in [2.45, 2.75) is 0 Å². The van der Waals surface area contributed by atoms with E-state index in [9.17, 15) is 0 Å². The van der Waals surface area contributed by atoms with Gasteiger partial charge in [-0.2, -0.15) is 0 Å². The Bertz CT molecular complexity index is 1680. The fraction of sp³-hybridized carbons (Fsp3) is 0. The number of rotatable bonds is 1. The molecule has 0 aliphatic heterocycles. The molecule has 0 saturated carbocycles. The quantitative estimate of drug-likeness (QED) is 0.321. The second-order valence-corrected chi connectivity index (χ2v) is 6.79. The van der Waals surface area contributed by atoms with E-state index in [0.717, 1.165) is 43.6 Å². The van der Waals surface area contributed by atoms with Crippen molar-refractivity contribution in [3.8, 4) is 11.1 Å². The van der Waals surface area contributed by atoms with Gasteiger partial charge in [0.05, 0.1) is 5.48 Å². The minimum absolute atomic E-state index is 0.0116. The van der Waals surface area contributed by atoms with Crippen molar-refractivity contribution in [2.75, 3.05) is 0 Å². The molecule has 0 unspecified atom stereocenters. The first kappa shape index (κ1) is 11.2. The number of hydrogen-bond donors (Lipinski definition) is 1. The van der Waals surface area contributed by atoms with Gasteiger partial charge in [0.1, 0.15) is 0 Å². The zero-order valence-corrected chi connectivity index (χ0v) is 14.4. The average Bonchev–Trinajstić information content (AvgIpc) is 3.21. The topological polar surface area (TPSA) is 15.8 Å². The highest BCUT2D eigenvalue weighted by Gasteiger charge is 2.13. The molecule has 1 N–H and O–H groups in total. The van der Waals surface area contributed by atoms with E-state index >= 15 is 0 Å². The molecule has 0 amide bonds. The maximum absolute atomic E-state index is 8.60. The Morgan fingerprint density at radius 1 is 0.556 bits per heavy atom. The predicted molar refractivity (Wildman–Crippen MR) is 116 cm³/mol. The number of aromatic nitrogens is 1. The molecule has 0 spiro atoms. The SMILES string of the molecule is [2H]c1c([2H])c([2H])c2c([nH]c3ccc4cccc(-c5cccc6ccccc56)c4c32)c1[2H]. The summed E-state index contributed by atoms with van der Waals surface area (Å²) in [5, 5.41) is 5.71. The third-order valence-corrected chi connectivity index (χ3v) is 5.32. The van der Waals surface area contributed by atoms with E-state index in [1.807, 2.05) is 36.4 Å². The summed E-state index contributed by atoms with van der Waals surface area (Å²) in [6.45, 7) is 0. The molecule has 6 aromatic rings. The molecule has 0 aliphatic rings. The highest BCUT2D eigenvalue weighted by Crippen LogP contribution is 2.40. The van der Waals surface area contributed by atoms with Crippen LogP contribution in [0, 0.1) is 0 Å². The molecule has 126 valence electrons. The summed E-state index contributed by atoms with van der Waals surface area (Å²) < 4.78 is 33.2. The van der Waals surface area contributed by atoms with Gasteiger partial charge in [0.15, 0.2) is 0 Å². The van der Waals surface area contributed by atoms with Crippen molar-refractivity contribution >= 4 is 43.4 Å². The maximum atomic E-state index is 8.60. The van der Waals surface area contributed by atoms with Gasteiger partial charge in [-0.05, 0) is 44.8 Å². The number of aromatic amines is 1. The monoisotopic (exact) mass is 347 g/mol. The van der Waals surface area contributed by atoms with E-state index in [-0.39, 0.29) is 24.2 Å². The zero-order valence-electron chi connectivity index (χ0n) is 18.4. The van der Waals surface area contributed by atoms with Crippen molar-refractivity contribution < 1.29 is 5.48 Å². The summed E-state index contributed by atoms with van der Waals surface area (Å²) in [6, 6.07) is 24.2. The highest BCUT2D eigenvalue weighted by atomic mass is 14.7. The van der Waals surface area contributed by atoms with Crippen molar-refractivity contribution in [3.63, 3.8) is 0 Å². The zero-order chi connectivity index (χ0) is 21.3. The van der Waals surface area contributed by atoms with Gasteiger partial charge in [0, 0.05) is 21.8 Å². The Balaban J connectivity index is 1.87. The van der Waals surface area contributed by atoms with Crippen LogP contribution in [0.5, 0.6) is 0 Å². The van der Waals surface area contributed by atoms with Crippen LogP contribution in [0.3, 0.4) is 0 Å². The van der Waals surface area contributed by atoms with Gasteiger partial charge in [0.2, 0.25) is 0 Å². The number of fused-ring (bicyclic) bond motifs is 6. The molecule has 5 aromatic carbocycles. The van der Waals surface area contributed by atoms with Crippen LogP contribution < -0.4 is 0 Å². The number of nitrogens with one attached hydrogen (secondary N) is 1. The van der Waals surface area contributed by atoms with Crippen molar-refractivity contribution in [1.82, 2.24) is 4.98 Å². The summed E-state index contributed by atoms with van der Waals surface area (Å²) in [6.07, 6.45) is 0. The molecule has 0 fully saturated rings. The molecule has 0 atom stereocenters. The van der Waals surface area contributed by atoms with Gasteiger partial charge in [-0.1, -0.05) is 84.9 Å². The molecule has 0 radical (unpaired) electrons. The minimum Gasteiger partial charge on any atom is -0.354 e. The molecule has 6 rings (SSSR count). The van der Waals surface area contributed by atoms with Gasteiger partial charge >= 0.3 is 0 Å². The van der Waals surface area contributed by atoms with Gasteiger partial charge < -0.3 is 4.98 Å². The average molecular weight is 347 g/mol. The number of H-pyrrole nitrogens is 1. The van der Waals surface area contributed by atoms with Crippen LogP contribution in [0.1, 0.15) is 5.48 Å². The molecule has 0 aliphatic carbocycles. The van der Waals surface area contributed by atoms with Gasteiger partial charge in [-0.25, -0.2) is 0 Å². The Morgan fingerprint density at radius 2 is 1.33 bits per heavy atom. The van der Waals surface area contributed by atoms with Gasteiger partial charge in [-0.3, -0.25) is 0 Å². The predicted octanol–water partition coefficient (Wildman–Crippen LogP) is 7.29. The molecular weight excluding hydrogens is 326 g/mol. The normalized spacial score (nSPS) is 13.8. The fourth-order valence-electron chi connectivity index (χ4n) is 4.16. The lowest BCUT2D eigenvalue weighted by atomic mass is 9.92. The Hall–Kier alpha value is -3.58. The first-order valence-electron chi connectivity index (χ1n) is 11.0. The van der Waals surface area contributed by atoms with Crippen LogP contribution in [0.2, 0.25) is 0 Å². The highest BCUT2D eigenvalue weighted by molar-refractivity contribution is 6.24. The van der Waals surface area contributed by atoms with E-state index in [2.05, 4.69) is 41.4 Å². The van der Waals surface area contributed by atoms with E-state index in [0.29, 0.717) is 10.9 Å². The molecule has 27 heavy (non-hydrogen) atoms. The third kappa shape index (κ3) is 2.06. The van der Waals surface area contributed by atoms with Gasteiger partial charge in [0.25, 0.3) is 0 Å². The van der Waals surface area contributed by atoms with Crippen LogP contribution in [-0.4, -0.2) is 4.98 Å². The second kappa shape index (κ2) is 5.46. The van der Waals surface area contributed by atoms with Crippen LogP contribution in [-0.2, 0) is 0 Å². The minimum atomic E-state index is -0.220. The Kier molecular flexibility index (Phi) is 2.26. The lowest BCUT2D eigenvalue weighted by molar-refractivity contribution is 1.55. The molecule has 0 saturated heterocycles. The van der Waals surface area contributed by atoms with Crippen LogP contribution in [0.15, 0.2) is 97.0 Å². The molecule has 1 nitrogen and oxygen atoms in total. The largest absolute Gasteiger partial charge is 0.354 e. The van der Waals surface area contributed by atoms with Gasteiger partial charge in [-0.15, -0.1) is 0 Å². The van der Waals surface area contributed by atoms with E-state index in [4.69, 9.17) is 5.48 Å². The Morgan fingerprint density at radius 3 is 2.30 bits per heavy atom. The van der Waals surface area contributed by atoms with Crippen LogP contribution in [0.4, 0.5) is 0 Å². The second-order valence-electron chi connectivity index (χ2n) is 6.79. The van der Waals surface area contributed by atoms with E-state index in [1.165, 1.54) is 0 Å². The first-order chi connectivity index (χ1) is 15.1. The summed E-state index contributed by atoms with van der Waals surface area (Å²) in [5.41, 5.74) is 3.41. The summed E-state index contributed by atoms with van der Waals surface area (Å²) in [7, 11) is 0. The molecule has 0 bridgehead atoms. The van der Waals surface area contributed by atoms with E-state index in [1.54, 1.807) is 0 Å². The number of benzene rings is 5. The van der Waals surface area contributed by atoms with E-state index < -0.39 is 0 Å². The summed E-state index contributed by atoms with van der Waals surface area (Å²) in [5.74, 6) is 0. The molecular formula is C26H17N. The maximum Gasteiger partial charge on any atom is 0.0645 e. The standard InChI is InChI=1S/C26H17N/c1-2-10-19-17(7-1)8-5-12-20(19)21-13-6-9-18-15-16-24-26(25(18)21)22-11-3-4-14-23(22)27-24/h1-16,27H/i3D,4D,11D,14D. The lowest BCUT2D eigenvalue weighted by Gasteiger charge is -2.12. The lowest BCUT2D eigenvalue weighted by Crippen LogP contribution is -1.85. The summed E-state index contributed by atoms with van der Waals surface area (Å²) in [4.78, 5) is 3.25. The van der Waals surface area contributed by atoms with Crippen molar-refractivity contribution in [2.24, 2.45) is 0 Å². The van der Waals surface area contributed by atoms with Crippen molar-refractivity contribution in [1.29, 1.82) is 0 Å². The molecule has 1 aromatic heterocycles. The first-order valence-corrected chi connectivity index (χ1v) is 8.98. The number of hydrogen-bond acceptors (Lipinski definition) is 0. The fourth-order valence-corrected chi connectivity index (χ4v) is 4.16. The van der Waals surface area contributed by atoms with Crippen LogP contribution in [0.25, 0.3) is 54.5 Å². The smallest absolute Gasteiger partial charge is 0.0645 e. The Labute approximate surface area is 162 Å². The summed E-state index contributed by atoms with van der Waals surface area (Å²) >= 11 is 0. The van der Waals surface area contributed by atoms with Crippen molar-refractivity contribution in [3.05, 3.63) is 97.0 Å². The molecule has 1 heterocycles. The number of para-hydroxylation sites is 1. The van der Waals surface area contributed by atoms with Crippen LogP contribution >= 0.6 is 0 Å². The third-order valence-electron chi connectivity index (χ3n) is 5.32.